The van der Waals surface area contributed by atoms with E-state index in [-0.39, 0.29) is 16.8 Å². The van der Waals surface area contributed by atoms with Crippen molar-refractivity contribution in [3.8, 4) is 0 Å². The number of sulfonamides is 1. The molecule has 3 aromatic carbocycles. The highest BCUT2D eigenvalue weighted by molar-refractivity contribution is 7.92. The number of carbonyl (C=O) groups is 1. The third-order valence-electron chi connectivity index (χ3n) is 5.76. The maximum atomic E-state index is 12.8. The van der Waals surface area contributed by atoms with Crippen molar-refractivity contribution in [1.29, 1.82) is 0 Å². The van der Waals surface area contributed by atoms with Crippen LogP contribution in [0.2, 0.25) is 0 Å². The third kappa shape index (κ3) is 5.19. The molecule has 5 nitrogen and oxygen atoms in total. The smallest absolute Gasteiger partial charge is 0.261 e. The van der Waals surface area contributed by atoms with Gasteiger partial charge in [0, 0.05) is 5.56 Å². The van der Waals surface area contributed by atoms with Crippen molar-refractivity contribution >= 4 is 21.6 Å². The summed E-state index contributed by atoms with van der Waals surface area (Å²) in [4.78, 5) is 13.0. The number of carbonyl (C=O) groups excluding carboxylic acids is 1. The lowest BCUT2D eigenvalue weighted by atomic mass is 9.96. The zero-order valence-corrected chi connectivity index (χ0v) is 20.2. The third-order valence-corrected chi connectivity index (χ3v) is 7.14. The van der Waals surface area contributed by atoms with E-state index in [2.05, 4.69) is 36.0 Å². The molecular weight excluding hydrogens is 420 g/mol. The van der Waals surface area contributed by atoms with Crippen molar-refractivity contribution in [2.75, 3.05) is 4.72 Å². The predicted molar refractivity (Wildman–Crippen MR) is 130 cm³/mol. The van der Waals surface area contributed by atoms with Gasteiger partial charge in [0.25, 0.3) is 15.9 Å². The summed E-state index contributed by atoms with van der Waals surface area (Å²) in [6, 6.07) is 15.7. The molecule has 0 heterocycles. The molecule has 3 rings (SSSR count). The molecular formula is C26H30N2O3S. The summed E-state index contributed by atoms with van der Waals surface area (Å²) in [6.45, 7) is 11.8. The molecule has 0 unspecified atom stereocenters. The van der Waals surface area contributed by atoms with Gasteiger partial charge in [-0.3, -0.25) is 9.52 Å². The van der Waals surface area contributed by atoms with E-state index in [9.17, 15) is 13.2 Å². The van der Waals surface area contributed by atoms with Gasteiger partial charge in [0.05, 0.1) is 16.6 Å². The van der Waals surface area contributed by atoms with Crippen LogP contribution in [-0.2, 0) is 10.0 Å². The van der Waals surface area contributed by atoms with Crippen molar-refractivity contribution in [3.05, 3.63) is 93.5 Å². The highest BCUT2D eigenvalue weighted by Crippen LogP contribution is 2.24. The first-order chi connectivity index (χ1) is 15.0. The number of benzene rings is 3. The maximum Gasteiger partial charge on any atom is 0.261 e. The fourth-order valence-corrected chi connectivity index (χ4v) is 4.78. The molecule has 0 saturated carbocycles. The molecule has 0 radical (unpaired) electrons. The van der Waals surface area contributed by atoms with Gasteiger partial charge in [0.2, 0.25) is 0 Å². The first-order valence-corrected chi connectivity index (χ1v) is 12.0. The minimum Gasteiger partial charge on any atom is -0.346 e. The van der Waals surface area contributed by atoms with Crippen molar-refractivity contribution < 1.29 is 13.2 Å². The van der Waals surface area contributed by atoms with Gasteiger partial charge in [-0.05, 0) is 99.7 Å². The molecule has 0 aliphatic carbocycles. The zero-order valence-electron chi connectivity index (χ0n) is 19.4. The molecule has 1 atom stereocenters. The van der Waals surface area contributed by atoms with E-state index < -0.39 is 10.0 Å². The Labute approximate surface area is 190 Å². The van der Waals surface area contributed by atoms with Gasteiger partial charge in [-0.15, -0.1) is 0 Å². The Hall–Kier alpha value is -3.12. The summed E-state index contributed by atoms with van der Waals surface area (Å²) in [5.41, 5.74) is 7.22. The Balaban J connectivity index is 1.76. The second-order valence-electron chi connectivity index (χ2n) is 8.44. The Morgan fingerprint density at radius 3 is 2.03 bits per heavy atom. The van der Waals surface area contributed by atoms with Crippen LogP contribution in [0.25, 0.3) is 0 Å². The first-order valence-electron chi connectivity index (χ1n) is 10.6. The average Bonchev–Trinajstić information content (AvgIpc) is 2.72. The van der Waals surface area contributed by atoms with Gasteiger partial charge in [0.1, 0.15) is 0 Å². The number of anilines is 1. The van der Waals surface area contributed by atoms with Crippen molar-refractivity contribution in [1.82, 2.24) is 5.32 Å². The van der Waals surface area contributed by atoms with Gasteiger partial charge < -0.3 is 5.32 Å². The molecule has 1 amide bonds. The lowest BCUT2D eigenvalue weighted by Crippen LogP contribution is -2.27. The second kappa shape index (κ2) is 9.17. The fourth-order valence-electron chi connectivity index (χ4n) is 3.65. The van der Waals surface area contributed by atoms with Gasteiger partial charge >= 0.3 is 0 Å². The molecule has 168 valence electrons. The van der Waals surface area contributed by atoms with Crippen LogP contribution in [0.1, 0.15) is 56.7 Å². The largest absolute Gasteiger partial charge is 0.346 e. The van der Waals surface area contributed by atoms with Crippen molar-refractivity contribution in [2.45, 2.75) is 52.5 Å². The van der Waals surface area contributed by atoms with Crippen LogP contribution in [0.15, 0.2) is 59.5 Å². The van der Waals surface area contributed by atoms with E-state index in [1.807, 2.05) is 20.8 Å². The lowest BCUT2D eigenvalue weighted by molar-refractivity contribution is 0.0939. The Morgan fingerprint density at radius 1 is 0.781 bits per heavy atom. The Morgan fingerprint density at radius 2 is 1.41 bits per heavy atom. The van der Waals surface area contributed by atoms with E-state index in [0.29, 0.717) is 16.8 Å². The normalized spacial score (nSPS) is 12.3. The van der Waals surface area contributed by atoms with Crippen molar-refractivity contribution in [2.24, 2.45) is 0 Å². The topological polar surface area (TPSA) is 75.3 Å². The Bertz CT molecular complexity index is 1260. The first kappa shape index (κ1) is 23.5. The van der Waals surface area contributed by atoms with Gasteiger partial charge in [0.15, 0.2) is 0 Å². The summed E-state index contributed by atoms with van der Waals surface area (Å²) in [5, 5.41) is 3.05. The summed E-state index contributed by atoms with van der Waals surface area (Å²) in [6.07, 6.45) is 0. The van der Waals surface area contributed by atoms with Crippen molar-refractivity contribution in [3.63, 3.8) is 0 Å². The van der Waals surface area contributed by atoms with Crippen LogP contribution in [0.4, 0.5) is 5.69 Å². The summed E-state index contributed by atoms with van der Waals surface area (Å²) >= 11 is 0. The number of hydrogen-bond acceptors (Lipinski definition) is 3. The highest BCUT2D eigenvalue weighted by atomic mass is 32.2. The van der Waals surface area contributed by atoms with Crippen LogP contribution in [0.5, 0.6) is 0 Å². The molecule has 0 aliphatic rings. The number of rotatable bonds is 6. The maximum absolute atomic E-state index is 12.8. The number of nitrogens with one attached hydrogen (secondary N) is 2. The molecule has 0 spiro atoms. The molecule has 0 saturated heterocycles. The van der Waals surface area contributed by atoms with Gasteiger partial charge in [-0.25, -0.2) is 8.42 Å². The summed E-state index contributed by atoms with van der Waals surface area (Å²) < 4.78 is 28.0. The van der Waals surface area contributed by atoms with Crippen LogP contribution in [-0.4, -0.2) is 14.3 Å². The van der Waals surface area contributed by atoms with E-state index in [0.717, 1.165) is 16.7 Å². The van der Waals surface area contributed by atoms with Gasteiger partial charge in [-0.2, -0.15) is 0 Å². The zero-order chi connectivity index (χ0) is 23.6. The molecule has 32 heavy (non-hydrogen) atoms. The fraction of sp³-hybridized carbons (Fsp3) is 0.269. The molecule has 6 heteroatoms. The highest BCUT2D eigenvalue weighted by Gasteiger charge is 2.18. The van der Waals surface area contributed by atoms with E-state index in [4.69, 9.17) is 0 Å². The molecule has 3 aromatic rings. The van der Waals surface area contributed by atoms with Crippen LogP contribution in [0.3, 0.4) is 0 Å². The van der Waals surface area contributed by atoms with Crippen LogP contribution < -0.4 is 10.0 Å². The predicted octanol–water partition coefficient (Wildman–Crippen LogP) is 5.52. The van der Waals surface area contributed by atoms with Gasteiger partial charge in [-0.1, -0.05) is 29.8 Å². The quantitative estimate of drug-likeness (QED) is 0.519. The monoisotopic (exact) mass is 450 g/mol. The standard InChI is InChI=1S/C26H30N2O3S/c1-16-7-10-23(11-8-16)32(30,31)28-25-12-9-22(14-20(25)5)26(29)27-21(6)24-15-18(3)17(2)13-19(24)4/h7-15,21,28H,1-6H3,(H,27,29)/t21-/m1/s1. The lowest BCUT2D eigenvalue weighted by Gasteiger charge is -2.19. The average molecular weight is 451 g/mol. The number of amides is 1. The second-order valence-corrected chi connectivity index (χ2v) is 10.1. The molecule has 0 aliphatic heterocycles. The Kier molecular flexibility index (Phi) is 6.74. The SMILES string of the molecule is Cc1ccc(S(=O)(=O)Nc2ccc(C(=O)N[C@H](C)c3cc(C)c(C)cc3C)cc2C)cc1. The number of aryl methyl sites for hydroxylation is 5. The summed E-state index contributed by atoms with van der Waals surface area (Å²) in [7, 11) is -3.70. The molecule has 0 bridgehead atoms. The molecule has 2 N–H and O–H groups in total. The minimum atomic E-state index is -3.70. The van der Waals surface area contributed by atoms with Crippen LogP contribution in [0, 0.1) is 34.6 Å². The van der Waals surface area contributed by atoms with E-state index in [1.54, 1.807) is 49.4 Å². The van der Waals surface area contributed by atoms with E-state index in [1.165, 1.54) is 11.1 Å². The molecule has 0 aromatic heterocycles. The molecule has 0 fully saturated rings. The van der Waals surface area contributed by atoms with Crippen LogP contribution >= 0.6 is 0 Å². The number of hydrogen-bond donors (Lipinski definition) is 2. The minimum absolute atomic E-state index is 0.151. The van der Waals surface area contributed by atoms with E-state index >= 15 is 0 Å². The summed E-state index contributed by atoms with van der Waals surface area (Å²) in [5.74, 6) is -0.203.